The first-order chi connectivity index (χ1) is 23.4. The summed E-state index contributed by atoms with van der Waals surface area (Å²) < 4.78 is 13.0. The number of para-hydroxylation sites is 2. The molecule has 4 aromatic rings. The van der Waals surface area contributed by atoms with E-state index in [-0.39, 0.29) is 30.6 Å². The molecule has 1 aliphatic heterocycles. The van der Waals surface area contributed by atoms with E-state index >= 15 is 0 Å². The van der Waals surface area contributed by atoms with Crippen LogP contribution in [0.1, 0.15) is 66.9 Å². The van der Waals surface area contributed by atoms with Gasteiger partial charge in [0.2, 0.25) is 11.8 Å². The number of hydrogen-bond donors (Lipinski definition) is 4. The smallest absolute Gasteiger partial charge is 0.224 e. The van der Waals surface area contributed by atoms with Crippen LogP contribution in [0.25, 0.3) is 0 Å². The van der Waals surface area contributed by atoms with Crippen molar-refractivity contribution < 1.29 is 24.2 Å². The van der Waals surface area contributed by atoms with Gasteiger partial charge in [-0.1, -0.05) is 54.6 Å². The molecular formula is C38H45N5O5. The fraction of sp³-hybridized carbons (Fsp3) is 0.342. The van der Waals surface area contributed by atoms with Crippen LogP contribution in [0, 0.1) is 0 Å². The minimum absolute atomic E-state index is 0.00798. The van der Waals surface area contributed by atoms with Crippen LogP contribution in [0.15, 0.2) is 97.2 Å². The summed E-state index contributed by atoms with van der Waals surface area (Å²) in [6.45, 7) is 1.57. The highest BCUT2D eigenvalue weighted by Gasteiger charge is 2.32. The fourth-order valence-electron chi connectivity index (χ4n) is 5.67. The van der Waals surface area contributed by atoms with Crippen molar-refractivity contribution in [2.45, 2.75) is 63.6 Å². The van der Waals surface area contributed by atoms with E-state index in [2.05, 4.69) is 27.6 Å². The highest BCUT2D eigenvalue weighted by Crippen LogP contribution is 2.38. The number of nitrogens with one attached hydrogen (secondary N) is 2. The molecular weight excluding hydrogens is 606 g/mol. The third-order valence-electron chi connectivity index (χ3n) is 8.37. The molecule has 1 aromatic heterocycles. The summed E-state index contributed by atoms with van der Waals surface area (Å²) in [5, 5.41) is 15.3. The molecule has 48 heavy (non-hydrogen) atoms. The van der Waals surface area contributed by atoms with E-state index in [0.717, 1.165) is 41.9 Å². The van der Waals surface area contributed by atoms with E-state index in [9.17, 15) is 14.7 Å². The molecule has 1 fully saturated rings. The van der Waals surface area contributed by atoms with Crippen molar-refractivity contribution in [2.75, 3.05) is 36.5 Å². The Balaban J connectivity index is 1.13. The number of aromatic nitrogens is 1. The second-order valence-corrected chi connectivity index (χ2v) is 12.2. The van der Waals surface area contributed by atoms with Gasteiger partial charge in [-0.15, -0.1) is 0 Å². The van der Waals surface area contributed by atoms with E-state index in [0.29, 0.717) is 49.2 Å². The normalized spacial score (nSPS) is 17.6. The lowest BCUT2D eigenvalue weighted by molar-refractivity contribution is -0.252. The van der Waals surface area contributed by atoms with Gasteiger partial charge >= 0.3 is 0 Å². The summed E-state index contributed by atoms with van der Waals surface area (Å²) in [6.07, 6.45) is 4.31. The van der Waals surface area contributed by atoms with Gasteiger partial charge in [-0.3, -0.25) is 14.6 Å². The molecule has 2 heterocycles. The highest BCUT2D eigenvalue weighted by molar-refractivity contribution is 5.94. The second kappa shape index (κ2) is 17.5. The number of amides is 2. The number of anilines is 3. The number of carbonyl (C=O) groups excluding carboxylic acids is 2. The Morgan fingerprint density at radius 1 is 0.875 bits per heavy atom. The number of likely N-dealkylation sites (N-methyl/N-ethyl adjacent to an activating group) is 1. The van der Waals surface area contributed by atoms with Gasteiger partial charge in [0, 0.05) is 61.9 Å². The number of aliphatic hydroxyl groups is 1. The van der Waals surface area contributed by atoms with E-state index < -0.39 is 6.29 Å². The number of benzene rings is 3. The van der Waals surface area contributed by atoms with Crippen LogP contribution in [-0.4, -0.2) is 53.0 Å². The van der Waals surface area contributed by atoms with Gasteiger partial charge in [-0.25, -0.2) is 0 Å². The molecule has 10 nitrogen and oxygen atoms in total. The molecule has 0 spiro atoms. The summed E-state index contributed by atoms with van der Waals surface area (Å²) in [4.78, 5) is 31.6. The Morgan fingerprint density at radius 3 is 2.25 bits per heavy atom. The van der Waals surface area contributed by atoms with Crippen LogP contribution < -0.4 is 16.4 Å². The topological polar surface area (TPSA) is 139 Å². The lowest BCUT2D eigenvalue weighted by Gasteiger charge is -2.38. The number of rotatable bonds is 15. The summed E-state index contributed by atoms with van der Waals surface area (Å²) >= 11 is 0. The molecule has 0 radical (unpaired) electrons. The fourth-order valence-corrected chi connectivity index (χ4v) is 5.67. The predicted molar refractivity (Wildman–Crippen MR) is 187 cm³/mol. The van der Waals surface area contributed by atoms with Crippen molar-refractivity contribution in [1.82, 2.24) is 9.88 Å². The first-order valence-electron chi connectivity index (χ1n) is 16.5. The number of nitrogen functional groups attached to an aromatic ring is 1. The van der Waals surface area contributed by atoms with Crippen molar-refractivity contribution >= 4 is 28.9 Å². The lowest BCUT2D eigenvalue weighted by atomic mass is 9.99. The van der Waals surface area contributed by atoms with Gasteiger partial charge in [0.25, 0.3) is 0 Å². The molecule has 0 saturated carbocycles. The molecule has 5 N–H and O–H groups in total. The number of unbranched alkanes of at least 4 members (excludes halogenated alkanes) is 1. The molecule has 1 aliphatic rings. The molecule has 3 aromatic carbocycles. The van der Waals surface area contributed by atoms with Crippen LogP contribution in [0.4, 0.5) is 17.1 Å². The molecule has 0 unspecified atom stereocenters. The van der Waals surface area contributed by atoms with Crippen molar-refractivity contribution in [3.05, 3.63) is 120 Å². The number of pyridine rings is 1. The third kappa shape index (κ3) is 10.4. The number of nitrogens with zero attached hydrogens (tertiary/aromatic N) is 2. The largest absolute Gasteiger partial charge is 0.397 e. The molecule has 1 saturated heterocycles. The number of hydrogen-bond acceptors (Lipinski definition) is 8. The Morgan fingerprint density at radius 2 is 1.56 bits per heavy atom. The maximum absolute atomic E-state index is 12.6. The highest BCUT2D eigenvalue weighted by atomic mass is 16.7. The Kier molecular flexibility index (Phi) is 12.7. The molecule has 252 valence electrons. The zero-order valence-corrected chi connectivity index (χ0v) is 27.4. The van der Waals surface area contributed by atoms with E-state index in [1.165, 1.54) is 0 Å². The van der Waals surface area contributed by atoms with E-state index in [4.69, 9.17) is 15.2 Å². The average Bonchev–Trinajstić information content (AvgIpc) is 3.11. The maximum atomic E-state index is 12.6. The van der Waals surface area contributed by atoms with Crippen molar-refractivity contribution in [1.29, 1.82) is 0 Å². The molecule has 10 heteroatoms. The summed E-state index contributed by atoms with van der Waals surface area (Å²) in [5.41, 5.74) is 11.5. The minimum Gasteiger partial charge on any atom is -0.397 e. The predicted octanol–water partition coefficient (Wildman–Crippen LogP) is 6.01. The zero-order valence-electron chi connectivity index (χ0n) is 27.4. The van der Waals surface area contributed by atoms with Gasteiger partial charge in [0.05, 0.1) is 30.2 Å². The van der Waals surface area contributed by atoms with E-state index in [1.54, 1.807) is 12.1 Å². The minimum atomic E-state index is -0.586. The van der Waals surface area contributed by atoms with Gasteiger partial charge in [-0.05, 0) is 67.4 Å². The van der Waals surface area contributed by atoms with Gasteiger partial charge < -0.3 is 35.8 Å². The first kappa shape index (κ1) is 34.7. The van der Waals surface area contributed by atoms with Crippen LogP contribution in [0.5, 0.6) is 0 Å². The number of ether oxygens (including phenoxy) is 2. The van der Waals surface area contributed by atoms with Crippen molar-refractivity contribution in [3.63, 3.8) is 0 Å². The van der Waals surface area contributed by atoms with Crippen molar-refractivity contribution in [2.24, 2.45) is 0 Å². The Bertz CT molecular complexity index is 1600. The molecule has 2 amide bonds. The summed E-state index contributed by atoms with van der Waals surface area (Å²) in [5.74, 6) is -0.236. The average molecular weight is 652 g/mol. The van der Waals surface area contributed by atoms with Gasteiger partial charge in [0.1, 0.15) is 0 Å². The maximum Gasteiger partial charge on any atom is 0.224 e. The quantitative estimate of drug-likeness (QED) is 0.0905. The van der Waals surface area contributed by atoms with Crippen LogP contribution in [0.3, 0.4) is 0 Å². The molecule has 5 rings (SSSR count). The number of nitrogens with two attached hydrogens (primary N) is 1. The number of aliphatic hydroxyl groups excluding tert-OH is 1. The monoisotopic (exact) mass is 651 g/mol. The van der Waals surface area contributed by atoms with Crippen molar-refractivity contribution in [3.8, 4) is 0 Å². The SMILES string of the molecule is CN(CCc1ccccn1)C[C@H]1C[C@@H](c2ccc(CO)cc2)O[C@@H](c2ccc(NC(=O)CCCCC(=O)Nc3ccccc3N)cc2)O1. The molecule has 3 atom stereocenters. The van der Waals surface area contributed by atoms with Gasteiger partial charge in [0.15, 0.2) is 6.29 Å². The Labute approximate surface area is 282 Å². The van der Waals surface area contributed by atoms with E-state index in [1.807, 2.05) is 85.1 Å². The lowest BCUT2D eigenvalue weighted by Crippen LogP contribution is -2.38. The van der Waals surface area contributed by atoms with Crippen LogP contribution in [-0.2, 0) is 32.1 Å². The first-order valence-corrected chi connectivity index (χ1v) is 16.5. The Hall–Kier alpha value is -4.61. The third-order valence-corrected chi connectivity index (χ3v) is 8.37. The van der Waals surface area contributed by atoms with Crippen LogP contribution >= 0.6 is 0 Å². The second-order valence-electron chi connectivity index (χ2n) is 12.2. The number of carbonyl (C=O) groups is 2. The standard InChI is InChI=1S/C38H45N5O5/c1-43(23-21-30-8-6-7-22-40-30)25-32-24-35(28-15-13-27(26-44)14-16-28)48-38(47-32)29-17-19-31(20-18-29)41-36(45)11-4-5-12-37(46)42-34-10-3-2-9-33(34)39/h2-3,6-10,13-20,22,32,35,38,44H,4-5,11-12,21,23-26,39H2,1H3,(H,41,45)(H,42,46)/t32-,35+,38+/m1/s1. The molecule has 0 aliphatic carbocycles. The molecule has 0 bridgehead atoms. The summed E-state index contributed by atoms with van der Waals surface area (Å²) in [7, 11) is 2.09. The summed E-state index contributed by atoms with van der Waals surface area (Å²) in [6, 6.07) is 28.5. The van der Waals surface area contributed by atoms with Gasteiger partial charge in [-0.2, -0.15) is 0 Å². The van der Waals surface area contributed by atoms with Crippen LogP contribution in [0.2, 0.25) is 0 Å². The zero-order chi connectivity index (χ0) is 33.7.